The third-order valence-electron chi connectivity index (χ3n) is 5.10. The predicted octanol–water partition coefficient (Wildman–Crippen LogP) is 3.41. The summed E-state index contributed by atoms with van der Waals surface area (Å²) in [6, 6.07) is 12.4. The number of hydrogen-bond acceptors (Lipinski definition) is 3. The van der Waals surface area contributed by atoms with Gasteiger partial charge in [0.1, 0.15) is 12.9 Å². The molecule has 0 fully saturated rings. The summed E-state index contributed by atoms with van der Waals surface area (Å²) in [4.78, 5) is 16.9. The van der Waals surface area contributed by atoms with E-state index in [-0.39, 0.29) is 11.7 Å². The van der Waals surface area contributed by atoms with Crippen molar-refractivity contribution >= 4 is 23.0 Å². The molecule has 1 aliphatic carbocycles. The molecule has 1 aromatic heterocycles. The van der Waals surface area contributed by atoms with E-state index in [1.54, 1.807) is 12.3 Å². The summed E-state index contributed by atoms with van der Waals surface area (Å²) in [6.45, 7) is 0.457. The Labute approximate surface area is 162 Å². The fourth-order valence-corrected chi connectivity index (χ4v) is 3.90. The van der Waals surface area contributed by atoms with Gasteiger partial charge in [-0.25, -0.2) is 4.39 Å². The lowest BCUT2D eigenvalue weighted by atomic mass is 9.86. The number of carbonyl (C=O) groups is 1. The number of oxime groups is 1. The van der Waals surface area contributed by atoms with E-state index in [2.05, 4.69) is 16.1 Å². The molecule has 0 spiro atoms. The van der Waals surface area contributed by atoms with Crippen molar-refractivity contribution in [3.8, 4) is 0 Å². The molecule has 2 radical (unpaired) electrons. The lowest BCUT2D eigenvalue weighted by molar-refractivity contribution is -0.119. The van der Waals surface area contributed by atoms with E-state index in [0.29, 0.717) is 19.4 Å². The first-order valence-corrected chi connectivity index (χ1v) is 9.04. The predicted molar refractivity (Wildman–Crippen MR) is 106 cm³/mol. The standard InChI is InChI=1S/C22H20FN3O2/c1-28-25-12-14-8-9-20-19(11-14)17-6-3-7-18(22(24)27)21(17)26(20)13-15-4-2-5-16(23)10-15/h2,4-5,8-12,18H,6-7,13H2,1H3,(H2,24,27). The third-order valence-corrected chi connectivity index (χ3v) is 5.10. The number of aromatic nitrogens is 1. The topological polar surface area (TPSA) is 69.6 Å². The molecule has 1 aliphatic rings. The minimum Gasteiger partial charge on any atom is -0.399 e. The average molecular weight is 377 g/mol. The van der Waals surface area contributed by atoms with Gasteiger partial charge < -0.3 is 15.1 Å². The Morgan fingerprint density at radius 1 is 1.39 bits per heavy atom. The summed E-state index contributed by atoms with van der Waals surface area (Å²) >= 11 is 0. The number of carbonyl (C=O) groups excluding carboxylic acids is 1. The fourth-order valence-electron chi connectivity index (χ4n) is 3.90. The number of rotatable bonds is 5. The highest BCUT2D eigenvalue weighted by Crippen LogP contribution is 2.39. The monoisotopic (exact) mass is 377 g/mol. The Balaban J connectivity index is 1.92. The van der Waals surface area contributed by atoms with Crippen LogP contribution in [0.15, 0.2) is 47.6 Å². The Hall–Kier alpha value is -3.15. The Morgan fingerprint density at radius 2 is 2.25 bits per heavy atom. The second-order valence-electron chi connectivity index (χ2n) is 6.86. The van der Waals surface area contributed by atoms with Gasteiger partial charge in [-0.05, 0) is 60.2 Å². The van der Waals surface area contributed by atoms with Crippen molar-refractivity contribution in [3.05, 3.63) is 77.1 Å². The van der Waals surface area contributed by atoms with E-state index in [0.717, 1.165) is 33.3 Å². The van der Waals surface area contributed by atoms with Crippen molar-refractivity contribution in [1.82, 2.24) is 4.57 Å². The highest BCUT2D eigenvalue weighted by Gasteiger charge is 2.31. The fraction of sp³-hybridized carbons (Fsp3) is 0.227. The van der Waals surface area contributed by atoms with Crippen LogP contribution >= 0.6 is 0 Å². The average Bonchev–Trinajstić information content (AvgIpc) is 2.99. The molecule has 0 aliphatic heterocycles. The van der Waals surface area contributed by atoms with E-state index >= 15 is 0 Å². The van der Waals surface area contributed by atoms with Gasteiger partial charge in [0.15, 0.2) is 0 Å². The molecule has 5 nitrogen and oxygen atoms in total. The SMILES string of the molecule is CON=Cc1ccc2c(c1)c1c(n2Cc2cccc(F)c2)C(C(N)=O)C[C]C1. The van der Waals surface area contributed by atoms with Gasteiger partial charge >= 0.3 is 0 Å². The molecular formula is C22H20FN3O2. The normalized spacial score (nSPS) is 16.4. The molecule has 1 heterocycles. The molecule has 142 valence electrons. The molecule has 1 unspecified atom stereocenters. The molecule has 1 atom stereocenters. The molecule has 28 heavy (non-hydrogen) atoms. The van der Waals surface area contributed by atoms with Gasteiger partial charge in [0.25, 0.3) is 0 Å². The molecule has 4 rings (SSSR count). The summed E-state index contributed by atoms with van der Waals surface area (Å²) in [5, 5.41) is 4.84. The van der Waals surface area contributed by atoms with Crippen LogP contribution in [0.1, 0.15) is 34.7 Å². The van der Waals surface area contributed by atoms with Gasteiger partial charge in [0.2, 0.25) is 5.91 Å². The zero-order valence-corrected chi connectivity index (χ0v) is 15.5. The Morgan fingerprint density at radius 3 is 3.00 bits per heavy atom. The number of hydrogen-bond donors (Lipinski definition) is 1. The summed E-state index contributed by atoms with van der Waals surface area (Å²) in [5.74, 6) is -1.10. The highest BCUT2D eigenvalue weighted by molar-refractivity contribution is 5.94. The van der Waals surface area contributed by atoms with E-state index in [9.17, 15) is 9.18 Å². The molecule has 0 bridgehead atoms. The summed E-state index contributed by atoms with van der Waals surface area (Å²) < 4.78 is 15.8. The lowest BCUT2D eigenvalue weighted by Crippen LogP contribution is -2.27. The second-order valence-corrected chi connectivity index (χ2v) is 6.86. The van der Waals surface area contributed by atoms with Gasteiger partial charge in [0.05, 0.1) is 12.1 Å². The minimum atomic E-state index is -0.444. The van der Waals surface area contributed by atoms with Crippen LogP contribution in [-0.2, 0) is 22.6 Å². The maximum absolute atomic E-state index is 13.7. The van der Waals surface area contributed by atoms with Gasteiger partial charge in [-0.3, -0.25) is 4.79 Å². The van der Waals surface area contributed by atoms with E-state index in [1.807, 2.05) is 24.3 Å². The molecule has 3 aromatic rings. The number of amides is 1. The molecule has 2 aromatic carbocycles. The van der Waals surface area contributed by atoms with Crippen LogP contribution in [0.3, 0.4) is 0 Å². The number of benzene rings is 2. The summed E-state index contributed by atoms with van der Waals surface area (Å²) in [5.41, 5.74) is 10.3. The highest BCUT2D eigenvalue weighted by atomic mass is 19.1. The first kappa shape index (κ1) is 18.2. The summed E-state index contributed by atoms with van der Waals surface area (Å²) in [6.07, 6.45) is 6.04. The number of nitrogens with two attached hydrogens (primary N) is 1. The van der Waals surface area contributed by atoms with Gasteiger partial charge in [-0.2, -0.15) is 0 Å². The van der Waals surface area contributed by atoms with E-state index in [1.165, 1.54) is 19.2 Å². The van der Waals surface area contributed by atoms with Gasteiger partial charge in [-0.15, -0.1) is 0 Å². The molecule has 0 saturated carbocycles. The Kier molecular flexibility index (Phi) is 4.86. The molecular weight excluding hydrogens is 357 g/mol. The number of primary amides is 1. The van der Waals surface area contributed by atoms with Crippen LogP contribution in [0.5, 0.6) is 0 Å². The molecule has 1 amide bonds. The molecule has 2 N–H and O–H groups in total. The van der Waals surface area contributed by atoms with Crippen molar-refractivity contribution in [2.45, 2.75) is 25.3 Å². The molecule has 6 heteroatoms. The van der Waals surface area contributed by atoms with Gasteiger partial charge in [-0.1, -0.05) is 23.4 Å². The zero-order chi connectivity index (χ0) is 19.7. The van der Waals surface area contributed by atoms with Crippen LogP contribution in [0.4, 0.5) is 4.39 Å². The van der Waals surface area contributed by atoms with Gasteiger partial charge in [0, 0.05) is 23.1 Å². The van der Waals surface area contributed by atoms with Crippen LogP contribution in [0.2, 0.25) is 0 Å². The van der Waals surface area contributed by atoms with Crippen LogP contribution in [0, 0.1) is 12.2 Å². The lowest BCUT2D eigenvalue weighted by Gasteiger charge is -2.23. The van der Waals surface area contributed by atoms with Crippen molar-refractivity contribution < 1.29 is 14.0 Å². The third kappa shape index (κ3) is 3.26. The van der Waals surface area contributed by atoms with Crippen LogP contribution < -0.4 is 5.73 Å². The number of nitrogens with zero attached hydrogens (tertiary/aromatic N) is 2. The first-order valence-electron chi connectivity index (χ1n) is 9.04. The first-order chi connectivity index (χ1) is 13.6. The van der Waals surface area contributed by atoms with E-state index < -0.39 is 5.92 Å². The zero-order valence-electron chi connectivity index (χ0n) is 15.5. The van der Waals surface area contributed by atoms with Crippen molar-refractivity contribution in [2.75, 3.05) is 7.11 Å². The van der Waals surface area contributed by atoms with Crippen molar-refractivity contribution in [3.63, 3.8) is 0 Å². The smallest absolute Gasteiger partial charge is 0.226 e. The molecule has 0 saturated heterocycles. The number of halogens is 1. The maximum Gasteiger partial charge on any atom is 0.226 e. The summed E-state index contributed by atoms with van der Waals surface area (Å²) in [7, 11) is 1.49. The Bertz CT molecular complexity index is 1070. The maximum atomic E-state index is 13.7. The van der Waals surface area contributed by atoms with Crippen LogP contribution in [0.25, 0.3) is 10.9 Å². The second kappa shape index (κ2) is 7.46. The van der Waals surface area contributed by atoms with Crippen molar-refractivity contribution in [2.24, 2.45) is 10.9 Å². The number of fused-ring (bicyclic) bond motifs is 3. The van der Waals surface area contributed by atoms with Crippen molar-refractivity contribution in [1.29, 1.82) is 0 Å². The quantitative estimate of drug-likeness (QED) is 0.547. The minimum absolute atomic E-state index is 0.283. The largest absolute Gasteiger partial charge is 0.399 e. The van der Waals surface area contributed by atoms with Crippen LogP contribution in [-0.4, -0.2) is 23.8 Å². The van der Waals surface area contributed by atoms with E-state index in [4.69, 9.17) is 10.6 Å².